The van der Waals surface area contributed by atoms with Gasteiger partial charge < -0.3 is 4.90 Å². The zero-order valence-corrected chi connectivity index (χ0v) is 13.2. The average Bonchev–Trinajstić information content (AvgIpc) is 2.61. The van der Waals surface area contributed by atoms with Crippen molar-refractivity contribution < 1.29 is 4.79 Å². The number of amides is 1. The van der Waals surface area contributed by atoms with Crippen molar-refractivity contribution in [3.05, 3.63) is 20.3 Å². The lowest BCUT2D eigenvalue weighted by Crippen LogP contribution is -2.43. The molecule has 0 N–H and O–H groups in total. The van der Waals surface area contributed by atoms with Gasteiger partial charge in [0.2, 0.25) is 0 Å². The minimum absolute atomic E-state index is 0.0190. The molecular formula is C11H12BrCl2NOS. The standard InChI is InChI=1S/C11H12BrCl2NOS/c1-6-2-3-15(5-8(6)12)11(16)7-4-9(13)17-10(7)14/h4,6,8H,2-3,5H2,1H3. The van der Waals surface area contributed by atoms with Gasteiger partial charge in [-0.1, -0.05) is 46.1 Å². The van der Waals surface area contributed by atoms with Crippen LogP contribution in [-0.2, 0) is 0 Å². The van der Waals surface area contributed by atoms with Crippen molar-refractivity contribution in [2.75, 3.05) is 13.1 Å². The van der Waals surface area contributed by atoms with Gasteiger partial charge in [-0.25, -0.2) is 0 Å². The van der Waals surface area contributed by atoms with Crippen LogP contribution in [0.2, 0.25) is 8.67 Å². The second-order valence-electron chi connectivity index (χ2n) is 4.27. The first-order chi connectivity index (χ1) is 7.99. The quantitative estimate of drug-likeness (QED) is 0.687. The second kappa shape index (κ2) is 5.47. The van der Waals surface area contributed by atoms with Crippen LogP contribution in [-0.4, -0.2) is 28.7 Å². The van der Waals surface area contributed by atoms with Crippen molar-refractivity contribution in [1.29, 1.82) is 0 Å². The smallest absolute Gasteiger partial charge is 0.256 e. The summed E-state index contributed by atoms with van der Waals surface area (Å²) in [5, 5.41) is 0. The summed E-state index contributed by atoms with van der Waals surface area (Å²) in [4.78, 5) is 14.4. The topological polar surface area (TPSA) is 20.3 Å². The van der Waals surface area contributed by atoms with Crippen molar-refractivity contribution in [1.82, 2.24) is 4.90 Å². The van der Waals surface area contributed by atoms with E-state index < -0.39 is 0 Å². The number of alkyl halides is 1. The molecule has 1 aliphatic rings. The van der Waals surface area contributed by atoms with Crippen molar-refractivity contribution >= 4 is 56.4 Å². The fraction of sp³-hybridized carbons (Fsp3) is 0.545. The highest BCUT2D eigenvalue weighted by Gasteiger charge is 2.29. The van der Waals surface area contributed by atoms with Gasteiger partial charge in [0, 0.05) is 17.9 Å². The molecule has 0 bridgehead atoms. The predicted molar refractivity (Wildman–Crippen MR) is 76.7 cm³/mol. The normalized spacial score (nSPS) is 25.1. The SMILES string of the molecule is CC1CCN(C(=O)c2cc(Cl)sc2Cl)CC1Br. The molecule has 94 valence electrons. The summed E-state index contributed by atoms with van der Waals surface area (Å²) < 4.78 is 1.03. The third kappa shape index (κ3) is 2.98. The van der Waals surface area contributed by atoms with Crippen LogP contribution in [0.15, 0.2) is 6.07 Å². The van der Waals surface area contributed by atoms with Crippen molar-refractivity contribution in [3.63, 3.8) is 0 Å². The number of likely N-dealkylation sites (tertiary alicyclic amines) is 1. The van der Waals surface area contributed by atoms with Gasteiger partial charge in [-0.05, 0) is 18.4 Å². The van der Waals surface area contributed by atoms with Crippen LogP contribution in [0.25, 0.3) is 0 Å². The lowest BCUT2D eigenvalue weighted by Gasteiger charge is -2.34. The molecule has 1 amide bonds. The molecule has 0 spiro atoms. The fourth-order valence-electron chi connectivity index (χ4n) is 1.86. The summed E-state index contributed by atoms with van der Waals surface area (Å²) in [7, 11) is 0. The van der Waals surface area contributed by atoms with Gasteiger partial charge in [0.15, 0.2) is 0 Å². The molecule has 0 saturated carbocycles. The number of carbonyl (C=O) groups is 1. The van der Waals surface area contributed by atoms with Crippen molar-refractivity contribution in [2.24, 2.45) is 5.92 Å². The molecule has 1 aliphatic heterocycles. The zero-order valence-electron chi connectivity index (χ0n) is 9.25. The molecule has 0 aliphatic carbocycles. The molecule has 2 nitrogen and oxygen atoms in total. The third-order valence-electron chi connectivity index (χ3n) is 3.04. The molecule has 2 rings (SSSR count). The molecule has 1 fully saturated rings. The number of thiophene rings is 1. The van der Waals surface area contributed by atoms with Crippen molar-refractivity contribution in [3.8, 4) is 0 Å². The molecule has 6 heteroatoms. The van der Waals surface area contributed by atoms with Crippen molar-refractivity contribution in [2.45, 2.75) is 18.2 Å². The maximum Gasteiger partial charge on any atom is 0.256 e. The summed E-state index contributed by atoms with van der Waals surface area (Å²) in [5.41, 5.74) is 0.524. The minimum atomic E-state index is -0.0190. The van der Waals surface area contributed by atoms with E-state index in [-0.39, 0.29) is 5.91 Å². The molecule has 1 aromatic heterocycles. The van der Waals surface area contributed by atoms with E-state index in [0.29, 0.717) is 25.0 Å². The highest BCUT2D eigenvalue weighted by molar-refractivity contribution is 9.09. The van der Waals surface area contributed by atoms with Gasteiger partial charge in [0.1, 0.15) is 4.34 Å². The van der Waals surface area contributed by atoms with Gasteiger partial charge >= 0.3 is 0 Å². The Labute approximate surface area is 123 Å². The molecule has 2 unspecified atom stereocenters. The molecule has 17 heavy (non-hydrogen) atoms. The minimum Gasteiger partial charge on any atom is -0.337 e. The van der Waals surface area contributed by atoms with Crippen LogP contribution in [0.1, 0.15) is 23.7 Å². The molecule has 1 aromatic rings. The van der Waals surface area contributed by atoms with E-state index in [1.165, 1.54) is 11.3 Å². The summed E-state index contributed by atoms with van der Waals surface area (Å²) >= 11 is 16.7. The summed E-state index contributed by atoms with van der Waals surface area (Å²) in [6.07, 6.45) is 1.01. The molecule has 2 atom stereocenters. The molecule has 2 heterocycles. The van der Waals surface area contributed by atoms with E-state index in [1.54, 1.807) is 6.07 Å². The maximum absolute atomic E-state index is 12.3. The molecule has 0 radical (unpaired) electrons. The number of hydrogen-bond acceptors (Lipinski definition) is 2. The lowest BCUT2D eigenvalue weighted by molar-refractivity contribution is 0.0706. The van der Waals surface area contributed by atoms with Gasteiger partial charge in [0.05, 0.1) is 9.90 Å². The Balaban J connectivity index is 2.13. The van der Waals surface area contributed by atoms with Gasteiger partial charge in [0.25, 0.3) is 5.91 Å². The summed E-state index contributed by atoms with van der Waals surface area (Å²) in [5.74, 6) is 0.579. The first kappa shape index (κ1) is 13.7. The third-order valence-corrected chi connectivity index (χ3v) is 5.72. The number of piperidine rings is 1. The highest BCUT2D eigenvalue weighted by atomic mass is 79.9. The zero-order chi connectivity index (χ0) is 12.6. The second-order valence-corrected chi connectivity index (χ2v) is 7.73. The van der Waals surface area contributed by atoms with Crippen LogP contribution in [0.3, 0.4) is 0 Å². The Morgan fingerprint density at radius 3 is 2.82 bits per heavy atom. The van der Waals surface area contributed by atoms with Crippen LogP contribution < -0.4 is 0 Å². The Morgan fingerprint density at radius 1 is 1.59 bits per heavy atom. The number of nitrogens with zero attached hydrogens (tertiary/aromatic N) is 1. The van der Waals surface area contributed by atoms with Crippen LogP contribution >= 0.6 is 50.5 Å². The van der Waals surface area contributed by atoms with E-state index in [4.69, 9.17) is 23.2 Å². The monoisotopic (exact) mass is 355 g/mol. The van der Waals surface area contributed by atoms with E-state index in [0.717, 1.165) is 19.5 Å². The molecular weight excluding hydrogens is 345 g/mol. The number of rotatable bonds is 1. The fourth-order valence-corrected chi connectivity index (χ4v) is 3.92. The number of carbonyl (C=O) groups excluding carboxylic acids is 1. The number of hydrogen-bond donors (Lipinski definition) is 0. The van der Waals surface area contributed by atoms with E-state index >= 15 is 0 Å². The Morgan fingerprint density at radius 2 is 2.29 bits per heavy atom. The van der Waals surface area contributed by atoms with E-state index in [1.807, 2.05) is 4.90 Å². The van der Waals surface area contributed by atoms with Gasteiger partial charge in [-0.15, -0.1) is 11.3 Å². The first-order valence-electron chi connectivity index (χ1n) is 5.37. The summed E-state index contributed by atoms with van der Waals surface area (Å²) in [6, 6.07) is 1.65. The Bertz CT molecular complexity index is 437. The predicted octanol–water partition coefficient (Wildman–Crippen LogP) is 4.30. The summed E-state index contributed by atoms with van der Waals surface area (Å²) in [6.45, 7) is 3.70. The van der Waals surface area contributed by atoms with Gasteiger partial charge in [-0.3, -0.25) is 4.79 Å². The molecule has 0 aromatic carbocycles. The Kier molecular flexibility index (Phi) is 4.40. The largest absolute Gasteiger partial charge is 0.337 e. The molecule has 1 saturated heterocycles. The van der Waals surface area contributed by atoms with Crippen LogP contribution in [0, 0.1) is 5.92 Å². The lowest BCUT2D eigenvalue weighted by atomic mass is 9.98. The Hall–Kier alpha value is 0.230. The number of halogens is 3. The maximum atomic E-state index is 12.3. The van der Waals surface area contributed by atoms with E-state index in [9.17, 15) is 4.79 Å². The van der Waals surface area contributed by atoms with Crippen LogP contribution in [0.4, 0.5) is 0 Å². The highest BCUT2D eigenvalue weighted by Crippen LogP contribution is 2.33. The van der Waals surface area contributed by atoms with Gasteiger partial charge in [-0.2, -0.15) is 0 Å². The van der Waals surface area contributed by atoms with Crippen LogP contribution in [0.5, 0.6) is 0 Å². The van der Waals surface area contributed by atoms with E-state index in [2.05, 4.69) is 22.9 Å². The average molecular weight is 357 g/mol. The first-order valence-corrected chi connectivity index (χ1v) is 7.86.